The molecule has 1 aliphatic heterocycles. The third kappa shape index (κ3) is 4.82. The number of carbonyl (C=O) groups is 2. The highest BCUT2D eigenvalue weighted by molar-refractivity contribution is 9.10. The Balaban J connectivity index is 1.46. The van der Waals surface area contributed by atoms with Gasteiger partial charge in [0.25, 0.3) is 0 Å². The quantitative estimate of drug-likeness (QED) is 0.813. The molecule has 2 aliphatic rings. The van der Waals surface area contributed by atoms with Gasteiger partial charge in [-0.3, -0.25) is 14.5 Å². The average molecular weight is 408 g/mol. The molecule has 0 aromatic heterocycles. The minimum absolute atomic E-state index is 0.0617. The maximum absolute atomic E-state index is 12.7. The van der Waals surface area contributed by atoms with Crippen LogP contribution in [0, 0.1) is 5.92 Å². The second kappa shape index (κ2) is 7.87. The highest BCUT2D eigenvalue weighted by Crippen LogP contribution is 2.48. The van der Waals surface area contributed by atoms with Crippen molar-refractivity contribution >= 4 is 27.7 Å². The lowest BCUT2D eigenvalue weighted by Gasteiger charge is -2.34. The number of hydrogen-bond acceptors (Lipinski definition) is 3. The van der Waals surface area contributed by atoms with E-state index in [4.69, 9.17) is 0 Å². The second-order valence-electron chi connectivity index (χ2n) is 7.33. The molecule has 1 aromatic carbocycles. The Morgan fingerprint density at radius 2 is 1.96 bits per heavy atom. The molecule has 2 unspecified atom stereocenters. The Bertz CT molecular complexity index is 641. The maximum atomic E-state index is 12.7. The topological polar surface area (TPSA) is 52.7 Å². The molecule has 0 spiro atoms. The van der Waals surface area contributed by atoms with E-state index in [-0.39, 0.29) is 23.8 Å². The van der Waals surface area contributed by atoms with Gasteiger partial charge in [0.1, 0.15) is 0 Å². The molecular weight excluding hydrogens is 382 g/mol. The summed E-state index contributed by atoms with van der Waals surface area (Å²) in [6.45, 7) is 7.32. The van der Waals surface area contributed by atoms with Crippen molar-refractivity contribution in [2.24, 2.45) is 5.92 Å². The summed E-state index contributed by atoms with van der Waals surface area (Å²) in [6, 6.07) is 8.43. The Hall–Kier alpha value is -1.40. The fraction of sp³-hybridized carbons (Fsp3) is 0.579. The van der Waals surface area contributed by atoms with Crippen LogP contribution in [0.5, 0.6) is 0 Å². The number of benzene rings is 1. The van der Waals surface area contributed by atoms with Crippen molar-refractivity contribution in [3.63, 3.8) is 0 Å². The van der Waals surface area contributed by atoms with Crippen LogP contribution in [0.3, 0.4) is 0 Å². The van der Waals surface area contributed by atoms with Crippen LogP contribution in [0.1, 0.15) is 31.7 Å². The zero-order chi connectivity index (χ0) is 18.0. The summed E-state index contributed by atoms with van der Waals surface area (Å²) in [6.07, 6.45) is 0.951. The molecule has 0 bridgehead atoms. The predicted molar refractivity (Wildman–Crippen MR) is 101 cm³/mol. The van der Waals surface area contributed by atoms with Gasteiger partial charge in [-0.25, -0.2) is 0 Å². The van der Waals surface area contributed by atoms with Crippen LogP contribution in [-0.4, -0.2) is 60.4 Å². The van der Waals surface area contributed by atoms with Crippen molar-refractivity contribution in [1.82, 2.24) is 15.1 Å². The highest BCUT2D eigenvalue weighted by Gasteiger charge is 2.46. The Kier molecular flexibility index (Phi) is 5.79. The minimum atomic E-state index is 0.0617. The van der Waals surface area contributed by atoms with Crippen molar-refractivity contribution in [3.8, 4) is 0 Å². The molecule has 136 valence electrons. The van der Waals surface area contributed by atoms with Gasteiger partial charge in [-0.15, -0.1) is 0 Å². The van der Waals surface area contributed by atoms with Crippen molar-refractivity contribution in [2.75, 3.05) is 32.7 Å². The summed E-state index contributed by atoms with van der Waals surface area (Å²) in [5.41, 5.74) is 1.25. The molecule has 1 heterocycles. The van der Waals surface area contributed by atoms with Crippen LogP contribution in [0.4, 0.5) is 0 Å². The van der Waals surface area contributed by atoms with E-state index < -0.39 is 0 Å². The first-order valence-electron chi connectivity index (χ1n) is 9.00. The molecule has 1 saturated carbocycles. The fourth-order valence-electron chi connectivity index (χ4n) is 3.51. The van der Waals surface area contributed by atoms with Gasteiger partial charge in [-0.05, 0) is 43.9 Å². The molecule has 3 rings (SSSR count). The summed E-state index contributed by atoms with van der Waals surface area (Å²) in [5.74, 6) is 0.827. The van der Waals surface area contributed by atoms with E-state index in [1.165, 1.54) is 5.56 Å². The van der Waals surface area contributed by atoms with Gasteiger partial charge in [0.2, 0.25) is 11.8 Å². The van der Waals surface area contributed by atoms with Gasteiger partial charge in [-0.2, -0.15) is 0 Å². The van der Waals surface area contributed by atoms with E-state index in [2.05, 4.69) is 38.3 Å². The van der Waals surface area contributed by atoms with E-state index in [0.717, 1.165) is 37.1 Å². The standard InChI is InChI=1S/C19H26BrN3O2/c1-13(2)21-18(24)12-22-6-8-23(9-7-22)19(25)17-11-16(17)14-4-3-5-15(20)10-14/h3-5,10,13,16-17H,6-9,11-12H2,1-2H3,(H,21,24). The van der Waals surface area contributed by atoms with Crippen molar-refractivity contribution in [3.05, 3.63) is 34.3 Å². The summed E-state index contributed by atoms with van der Waals surface area (Å²) >= 11 is 3.50. The monoisotopic (exact) mass is 407 g/mol. The number of nitrogens with one attached hydrogen (secondary N) is 1. The smallest absolute Gasteiger partial charge is 0.234 e. The molecule has 6 heteroatoms. The lowest BCUT2D eigenvalue weighted by molar-refractivity contribution is -0.134. The first-order valence-corrected chi connectivity index (χ1v) is 9.79. The molecule has 2 amide bonds. The van der Waals surface area contributed by atoms with Crippen LogP contribution in [0.15, 0.2) is 28.7 Å². The molecular formula is C19H26BrN3O2. The van der Waals surface area contributed by atoms with Crippen LogP contribution in [0.25, 0.3) is 0 Å². The van der Waals surface area contributed by atoms with E-state index in [9.17, 15) is 9.59 Å². The van der Waals surface area contributed by atoms with Crippen molar-refractivity contribution < 1.29 is 9.59 Å². The SMILES string of the molecule is CC(C)NC(=O)CN1CCN(C(=O)C2CC2c2cccc(Br)c2)CC1. The summed E-state index contributed by atoms with van der Waals surface area (Å²) in [5, 5.41) is 2.92. The Labute approximate surface area is 157 Å². The zero-order valence-electron chi connectivity index (χ0n) is 14.9. The van der Waals surface area contributed by atoms with Gasteiger partial charge in [0, 0.05) is 42.6 Å². The molecule has 1 aliphatic carbocycles. The molecule has 2 atom stereocenters. The van der Waals surface area contributed by atoms with Crippen LogP contribution < -0.4 is 5.32 Å². The third-order valence-electron chi connectivity index (χ3n) is 4.89. The molecule has 25 heavy (non-hydrogen) atoms. The van der Waals surface area contributed by atoms with E-state index in [1.807, 2.05) is 30.9 Å². The van der Waals surface area contributed by atoms with Crippen LogP contribution in [-0.2, 0) is 9.59 Å². The predicted octanol–water partition coefficient (Wildman–Crippen LogP) is 2.22. The number of piperazine rings is 1. The lowest BCUT2D eigenvalue weighted by atomic mass is 10.1. The van der Waals surface area contributed by atoms with Gasteiger partial charge in [-0.1, -0.05) is 28.1 Å². The number of amides is 2. The van der Waals surface area contributed by atoms with E-state index in [1.54, 1.807) is 0 Å². The summed E-state index contributed by atoms with van der Waals surface area (Å²) in [7, 11) is 0. The maximum Gasteiger partial charge on any atom is 0.234 e. The normalized spacial score (nSPS) is 23.6. The molecule has 1 aromatic rings. The van der Waals surface area contributed by atoms with E-state index in [0.29, 0.717) is 12.5 Å². The largest absolute Gasteiger partial charge is 0.353 e. The van der Waals surface area contributed by atoms with Crippen molar-refractivity contribution in [2.45, 2.75) is 32.2 Å². The summed E-state index contributed by atoms with van der Waals surface area (Å²) in [4.78, 5) is 28.7. The second-order valence-corrected chi connectivity index (χ2v) is 8.24. The minimum Gasteiger partial charge on any atom is -0.353 e. The van der Waals surface area contributed by atoms with Gasteiger partial charge < -0.3 is 10.2 Å². The van der Waals surface area contributed by atoms with E-state index >= 15 is 0 Å². The molecule has 1 saturated heterocycles. The summed E-state index contributed by atoms with van der Waals surface area (Å²) < 4.78 is 1.07. The number of halogens is 1. The van der Waals surface area contributed by atoms with Crippen molar-refractivity contribution in [1.29, 1.82) is 0 Å². The Morgan fingerprint density at radius 3 is 2.60 bits per heavy atom. The van der Waals surface area contributed by atoms with Crippen LogP contribution in [0.2, 0.25) is 0 Å². The van der Waals surface area contributed by atoms with Gasteiger partial charge in [0.15, 0.2) is 0 Å². The first kappa shape index (κ1) is 18.4. The Morgan fingerprint density at radius 1 is 1.24 bits per heavy atom. The fourth-order valence-corrected chi connectivity index (χ4v) is 3.92. The van der Waals surface area contributed by atoms with Gasteiger partial charge >= 0.3 is 0 Å². The molecule has 1 N–H and O–H groups in total. The first-order chi connectivity index (χ1) is 11.9. The van der Waals surface area contributed by atoms with Gasteiger partial charge in [0.05, 0.1) is 6.54 Å². The number of hydrogen-bond donors (Lipinski definition) is 1. The zero-order valence-corrected chi connectivity index (χ0v) is 16.5. The lowest BCUT2D eigenvalue weighted by Crippen LogP contribution is -2.52. The molecule has 0 radical (unpaired) electrons. The molecule has 2 fully saturated rings. The van der Waals surface area contributed by atoms with Crippen LogP contribution >= 0.6 is 15.9 Å². The number of rotatable bonds is 5. The molecule has 5 nitrogen and oxygen atoms in total. The number of carbonyl (C=O) groups excluding carboxylic acids is 2. The highest BCUT2D eigenvalue weighted by atomic mass is 79.9. The average Bonchev–Trinajstić information content (AvgIpc) is 3.35. The number of nitrogens with zero attached hydrogens (tertiary/aromatic N) is 2. The third-order valence-corrected chi connectivity index (χ3v) is 5.38.